The largest absolute Gasteiger partial charge is 0.350 e. The van der Waals surface area contributed by atoms with Gasteiger partial charge in [-0.15, -0.1) is 0 Å². The molecule has 3 atom stereocenters. The van der Waals surface area contributed by atoms with Crippen LogP contribution in [0.3, 0.4) is 0 Å². The topological polar surface area (TPSA) is 58.2 Å². The normalized spacial score (nSPS) is 25.0. The summed E-state index contributed by atoms with van der Waals surface area (Å²) in [7, 11) is 0. The zero-order valence-electron chi connectivity index (χ0n) is 13.9. The summed E-state index contributed by atoms with van der Waals surface area (Å²) < 4.78 is 0. The molecule has 4 heteroatoms. The number of hydrogen-bond donors (Lipinski definition) is 2. The second-order valence-corrected chi connectivity index (χ2v) is 7.03. The van der Waals surface area contributed by atoms with E-state index in [0.717, 1.165) is 24.1 Å². The highest BCUT2D eigenvalue weighted by Crippen LogP contribution is 2.43. The lowest BCUT2D eigenvalue weighted by atomic mass is 9.92. The maximum absolute atomic E-state index is 12.6. The molecule has 2 N–H and O–H groups in total. The third kappa shape index (κ3) is 3.31. The number of amides is 2. The second kappa shape index (κ2) is 6.19. The van der Waals surface area contributed by atoms with Gasteiger partial charge in [-0.2, -0.15) is 0 Å². The SMILES string of the molecule is Cc1ccc(C(=O)NC(C)C)cc1NC(=O)C1CC2C=CC1C2. The first-order valence-corrected chi connectivity index (χ1v) is 8.34. The Labute approximate surface area is 137 Å². The molecule has 122 valence electrons. The second-order valence-electron chi connectivity index (χ2n) is 7.03. The van der Waals surface area contributed by atoms with Crippen LogP contribution in [0.2, 0.25) is 0 Å². The molecule has 0 spiro atoms. The van der Waals surface area contributed by atoms with Crippen LogP contribution in [0.1, 0.15) is 42.6 Å². The molecule has 0 radical (unpaired) electrons. The van der Waals surface area contributed by atoms with E-state index in [2.05, 4.69) is 22.8 Å². The fourth-order valence-corrected chi connectivity index (χ4v) is 3.55. The molecule has 4 nitrogen and oxygen atoms in total. The van der Waals surface area contributed by atoms with Crippen LogP contribution in [0.15, 0.2) is 30.4 Å². The molecule has 23 heavy (non-hydrogen) atoms. The van der Waals surface area contributed by atoms with E-state index >= 15 is 0 Å². The summed E-state index contributed by atoms with van der Waals surface area (Å²) >= 11 is 0. The van der Waals surface area contributed by atoms with Gasteiger partial charge in [0, 0.05) is 23.2 Å². The van der Waals surface area contributed by atoms with Crippen LogP contribution in [0.25, 0.3) is 0 Å². The van der Waals surface area contributed by atoms with Gasteiger partial charge in [-0.05, 0) is 63.1 Å². The number of benzene rings is 1. The molecule has 0 aromatic heterocycles. The van der Waals surface area contributed by atoms with Gasteiger partial charge >= 0.3 is 0 Å². The number of rotatable bonds is 4. The van der Waals surface area contributed by atoms with Gasteiger partial charge in [-0.3, -0.25) is 9.59 Å². The molecular formula is C19H24N2O2. The predicted molar refractivity (Wildman–Crippen MR) is 91.3 cm³/mol. The average Bonchev–Trinajstić information content (AvgIpc) is 3.11. The van der Waals surface area contributed by atoms with Gasteiger partial charge in [-0.1, -0.05) is 18.2 Å². The highest BCUT2D eigenvalue weighted by Gasteiger charge is 2.39. The van der Waals surface area contributed by atoms with E-state index in [1.807, 2.05) is 26.8 Å². The Morgan fingerprint density at radius 2 is 1.96 bits per heavy atom. The van der Waals surface area contributed by atoms with Crippen molar-refractivity contribution >= 4 is 17.5 Å². The van der Waals surface area contributed by atoms with E-state index in [1.165, 1.54) is 0 Å². The maximum atomic E-state index is 12.6. The Balaban J connectivity index is 1.73. The quantitative estimate of drug-likeness (QED) is 0.838. The molecule has 1 aromatic carbocycles. The minimum absolute atomic E-state index is 0.0672. The summed E-state index contributed by atoms with van der Waals surface area (Å²) in [5, 5.41) is 5.91. The van der Waals surface area contributed by atoms with E-state index < -0.39 is 0 Å². The van der Waals surface area contributed by atoms with Crippen molar-refractivity contribution in [3.63, 3.8) is 0 Å². The minimum Gasteiger partial charge on any atom is -0.350 e. The summed E-state index contributed by atoms with van der Waals surface area (Å²) in [6, 6.07) is 5.53. The van der Waals surface area contributed by atoms with Crippen molar-refractivity contribution in [2.75, 3.05) is 5.32 Å². The average molecular weight is 312 g/mol. The lowest BCUT2D eigenvalue weighted by Gasteiger charge is -2.19. The van der Waals surface area contributed by atoms with Gasteiger partial charge in [-0.25, -0.2) is 0 Å². The van der Waals surface area contributed by atoms with Crippen molar-refractivity contribution < 1.29 is 9.59 Å². The molecule has 1 fully saturated rings. The molecule has 2 amide bonds. The number of carbonyl (C=O) groups excluding carboxylic acids is 2. The molecule has 0 aliphatic heterocycles. The molecule has 3 unspecified atom stereocenters. The van der Waals surface area contributed by atoms with Crippen LogP contribution < -0.4 is 10.6 Å². The first-order valence-electron chi connectivity index (χ1n) is 8.34. The monoisotopic (exact) mass is 312 g/mol. The Hall–Kier alpha value is -2.10. The van der Waals surface area contributed by atoms with Crippen LogP contribution >= 0.6 is 0 Å². The summed E-state index contributed by atoms with van der Waals surface area (Å²) in [5.41, 5.74) is 2.28. The minimum atomic E-state index is -0.113. The third-order valence-electron chi connectivity index (χ3n) is 4.79. The van der Waals surface area contributed by atoms with E-state index in [9.17, 15) is 9.59 Å². The summed E-state index contributed by atoms with van der Waals surface area (Å²) in [6.45, 7) is 5.80. The number of fused-ring (bicyclic) bond motifs is 2. The molecule has 2 aliphatic rings. The molecule has 0 saturated heterocycles. The molecule has 1 aromatic rings. The van der Waals surface area contributed by atoms with Crippen LogP contribution in [0, 0.1) is 24.7 Å². The Bertz CT molecular complexity index is 663. The van der Waals surface area contributed by atoms with Crippen molar-refractivity contribution in [1.82, 2.24) is 5.32 Å². The molecule has 3 rings (SSSR count). The van der Waals surface area contributed by atoms with Gasteiger partial charge in [0.25, 0.3) is 5.91 Å². The number of allylic oxidation sites excluding steroid dienone is 2. The van der Waals surface area contributed by atoms with Crippen LogP contribution in [0.4, 0.5) is 5.69 Å². The highest BCUT2D eigenvalue weighted by atomic mass is 16.2. The molecular weight excluding hydrogens is 288 g/mol. The van der Waals surface area contributed by atoms with Gasteiger partial charge < -0.3 is 10.6 Å². The van der Waals surface area contributed by atoms with Crippen molar-refractivity contribution in [2.24, 2.45) is 17.8 Å². The highest BCUT2D eigenvalue weighted by molar-refractivity contribution is 5.98. The number of carbonyl (C=O) groups is 2. The zero-order chi connectivity index (χ0) is 16.6. The number of hydrogen-bond acceptors (Lipinski definition) is 2. The van der Waals surface area contributed by atoms with E-state index in [-0.39, 0.29) is 23.8 Å². The number of anilines is 1. The van der Waals surface area contributed by atoms with Crippen molar-refractivity contribution in [2.45, 2.75) is 39.7 Å². The molecule has 0 heterocycles. The van der Waals surface area contributed by atoms with Gasteiger partial charge in [0.05, 0.1) is 0 Å². The zero-order valence-corrected chi connectivity index (χ0v) is 13.9. The van der Waals surface area contributed by atoms with Crippen LogP contribution in [-0.2, 0) is 4.79 Å². The summed E-state index contributed by atoms with van der Waals surface area (Å²) in [4.78, 5) is 24.7. The molecule has 2 bridgehead atoms. The lowest BCUT2D eigenvalue weighted by molar-refractivity contribution is -0.120. The van der Waals surface area contributed by atoms with E-state index in [1.54, 1.807) is 12.1 Å². The Morgan fingerprint density at radius 1 is 1.17 bits per heavy atom. The Morgan fingerprint density at radius 3 is 2.57 bits per heavy atom. The Kier molecular flexibility index (Phi) is 4.24. The van der Waals surface area contributed by atoms with Crippen LogP contribution in [0.5, 0.6) is 0 Å². The number of aryl methyl sites for hydroxylation is 1. The lowest BCUT2D eigenvalue weighted by Crippen LogP contribution is -2.30. The third-order valence-corrected chi connectivity index (χ3v) is 4.79. The molecule has 1 saturated carbocycles. The first-order chi connectivity index (χ1) is 10.9. The van der Waals surface area contributed by atoms with E-state index in [4.69, 9.17) is 0 Å². The van der Waals surface area contributed by atoms with Crippen molar-refractivity contribution in [3.8, 4) is 0 Å². The molecule has 2 aliphatic carbocycles. The fraction of sp³-hybridized carbons (Fsp3) is 0.474. The van der Waals surface area contributed by atoms with Gasteiger partial charge in [0.15, 0.2) is 0 Å². The smallest absolute Gasteiger partial charge is 0.251 e. The van der Waals surface area contributed by atoms with E-state index in [0.29, 0.717) is 17.4 Å². The number of nitrogens with one attached hydrogen (secondary N) is 2. The van der Waals surface area contributed by atoms with Gasteiger partial charge in [0.2, 0.25) is 5.91 Å². The maximum Gasteiger partial charge on any atom is 0.251 e. The summed E-state index contributed by atoms with van der Waals surface area (Å²) in [5.74, 6) is 0.981. The van der Waals surface area contributed by atoms with Crippen molar-refractivity contribution in [1.29, 1.82) is 0 Å². The standard InChI is InChI=1S/C19H24N2O2/c1-11(2)20-18(22)15-6-4-12(3)17(10-15)21-19(23)16-9-13-5-7-14(16)8-13/h4-7,10-11,13-14,16H,8-9H2,1-3H3,(H,20,22)(H,21,23). The summed E-state index contributed by atoms with van der Waals surface area (Å²) in [6.07, 6.45) is 6.46. The van der Waals surface area contributed by atoms with Gasteiger partial charge in [0.1, 0.15) is 0 Å². The van der Waals surface area contributed by atoms with Crippen molar-refractivity contribution in [3.05, 3.63) is 41.5 Å². The first kappa shape index (κ1) is 15.8. The fourth-order valence-electron chi connectivity index (χ4n) is 3.55. The van der Waals surface area contributed by atoms with Crippen LogP contribution in [-0.4, -0.2) is 17.9 Å². The predicted octanol–water partition coefficient (Wildman–Crippen LogP) is 3.28.